The summed E-state index contributed by atoms with van der Waals surface area (Å²) in [7, 11) is 1.71. The van der Waals surface area contributed by atoms with Gasteiger partial charge >= 0.3 is 5.97 Å². The lowest BCUT2D eigenvalue weighted by Crippen LogP contribution is -2.47. The highest BCUT2D eigenvalue weighted by Crippen LogP contribution is 2.17. The molecule has 1 unspecified atom stereocenters. The standard InChI is InChI=1S/C13H22N2O4/c1-3-4-5-10(13(18)19)14-12(17)9-6-7-15(2)11(16)8-9/h9-10H,3-8H2,1-2H3,(H,14,17)(H,18,19)/t9?,10-/m0/s1. The third kappa shape index (κ3) is 4.54. The molecule has 1 heterocycles. The van der Waals surface area contributed by atoms with E-state index in [4.69, 9.17) is 5.11 Å². The van der Waals surface area contributed by atoms with Crippen molar-refractivity contribution in [3.05, 3.63) is 0 Å². The van der Waals surface area contributed by atoms with Gasteiger partial charge in [0.15, 0.2) is 0 Å². The number of nitrogens with zero attached hydrogens (tertiary/aromatic N) is 1. The Hall–Kier alpha value is -1.59. The zero-order chi connectivity index (χ0) is 14.4. The van der Waals surface area contributed by atoms with Gasteiger partial charge in [0.25, 0.3) is 0 Å². The van der Waals surface area contributed by atoms with Crippen LogP contribution < -0.4 is 5.32 Å². The normalized spacial score (nSPS) is 21.1. The summed E-state index contributed by atoms with van der Waals surface area (Å²) in [4.78, 5) is 36.2. The van der Waals surface area contributed by atoms with Crippen molar-refractivity contribution in [1.82, 2.24) is 10.2 Å². The van der Waals surface area contributed by atoms with E-state index in [1.807, 2.05) is 6.92 Å². The summed E-state index contributed by atoms with van der Waals surface area (Å²) < 4.78 is 0. The molecule has 6 nitrogen and oxygen atoms in total. The minimum Gasteiger partial charge on any atom is -0.480 e. The number of carbonyl (C=O) groups excluding carboxylic acids is 2. The molecular formula is C13H22N2O4. The Morgan fingerprint density at radius 2 is 2.21 bits per heavy atom. The van der Waals surface area contributed by atoms with Crippen LogP contribution in [0.5, 0.6) is 0 Å². The smallest absolute Gasteiger partial charge is 0.326 e. The van der Waals surface area contributed by atoms with Gasteiger partial charge < -0.3 is 15.3 Å². The monoisotopic (exact) mass is 270 g/mol. The predicted octanol–water partition coefficient (Wildman–Crippen LogP) is 0.614. The lowest BCUT2D eigenvalue weighted by molar-refractivity contribution is -0.144. The number of rotatable bonds is 6. The molecule has 2 N–H and O–H groups in total. The molecule has 19 heavy (non-hydrogen) atoms. The van der Waals surface area contributed by atoms with Crippen LogP contribution in [0.2, 0.25) is 0 Å². The Labute approximate surface area is 113 Å². The fraction of sp³-hybridized carbons (Fsp3) is 0.769. The third-order valence-corrected chi connectivity index (χ3v) is 3.49. The second-order valence-corrected chi connectivity index (χ2v) is 5.05. The Kier molecular flexibility index (Phi) is 5.79. The van der Waals surface area contributed by atoms with Crippen LogP contribution in [0.1, 0.15) is 39.0 Å². The van der Waals surface area contributed by atoms with Gasteiger partial charge in [-0.25, -0.2) is 4.79 Å². The van der Waals surface area contributed by atoms with Crippen molar-refractivity contribution in [3.8, 4) is 0 Å². The first-order valence-electron chi connectivity index (χ1n) is 6.72. The first-order chi connectivity index (χ1) is 8.95. The highest BCUT2D eigenvalue weighted by atomic mass is 16.4. The van der Waals surface area contributed by atoms with Gasteiger partial charge in [-0.3, -0.25) is 9.59 Å². The minimum atomic E-state index is -1.01. The third-order valence-electron chi connectivity index (χ3n) is 3.49. The van der Waals surface area contributed by atoms with E-state index in [2.05, 4.69) is 5.32 Å². The molecule has 1 fully saturated rings. The number of hydrogen-bond donors (Lipinski definition) is 2. The van der Waals surface area contributed by atoms with Crippen molar-refractivity contribution in [2.24, 2.45) is 5.92 Å². The van der Waals surface area contributed by atoms with Crippen LogP contribution in [0.4, 0.5) is 0 Å². The van der Waals surface area contributed by atoms with Crippen LogP contribution in [0.3, 0.4) is 0 Å². The maximum Gasteiger partial charge on any atom is 0.326 e. The summed E-state index contributed by atoms with van der Waals surface area (Å²) >= 11 is 0. The Balaban J connectivity index is 2.52. The maximum absolute atomic E-state index is 12.0. The number of hydrogen-bond acceptors (Lipinski definition) is 3. The van der Waals surface area contributed by atoms with Gasteiger partial charge in [-0.15, -0.1) is 0 Å². The van der Waals surface area contributed by atoms with E-state index < -0.39 is 17.9 Å². The largest absolute Gasteiger partial charge is 0.480 e. The van der Waals surface area contributed by atoms with Crippen molar-refractivity contribution < 1.29 is 19.5 Å². The number of likely N-dealkylation sites (tertiary alicyclic amines) is 1. The molecule has 1 saturated heterocycles. The fourth-order valence-electron chi connectivity index (χ4n) is 2.12. The van der Waals surface area contributed by atoms with Crippen LogP contribution in [-0.2, 0) is 14.4 Å². The summed E-state index contributed by atoms with van der Waals surface area (Å²) in [6.07, 6.45) is 2.82. The number of unbranched alkanes of at least 4 members (excludes halogenated alkanes) is 1. The van der Waals surface area contributed by atoms with E-state index in [9.17, 15) is 14.4 Å². The summed E-state index contributed by atoms with van der Waals surface area (Å²) in [6.45, 7) is 2.51. The molecule has 2 amide bonds. The van der Waals surface area contributed by atoms with E-state index in [1.54, 1.807) is 11.9 Å². The molecule has 0 aromatic rings. The number of piperidine rings is 1. The molecule has 2 atom stereocenters. The van der Waals surface area contributed by atoms with Crippen molar-refractivity contribution >= 4 is 17.8 Å². The Morgan fingerprint density at radius 1 is 1.53 bits per heavy atom. The van der Waals surface area contributed by atoms with Crippen molar-refractivity contribution in [2.75, 3.05) is 13.6 Å². The molecule has 0 aromatic heterocycles. The van der Waals surface area contributed by atoms with Gasteiger partial charge in [0.2, 0.25) is 11.8 Å². The number of carboxylic acid groups (broad SMARTS) is 1. The summed E-state index contributed by atoms with van der Waals surface area (Å²) in [6, 6.07) is -0.845. The zero-order valence-electron chi connectivity index (χ0n) is 11.5. The highest BCUT2D eigenvalue weighted by molar-refractivity contribution is 5.89. The molecule has 0 saturated carbocycles. The number of carboxylic acids is 1. The summed E-state index contributed by atoms with van der Waals surface area (Å²) in [5.41, 5.74) is 0. The van der Waals surface area contributed by atoms with Crippen LogP contribution in [0.15, 0.2) is 0 Å². The molecule has 108 valence electrons. The maximum atomic E-state index is 12.0. The van der Waals surface area contributed by atoms with Crippen LogP contribution in [-0.4, -0.2) is 47.4 Å². The summed E-state index contributed by atoms with van der Waals surface area (Å²) in [5, 5.41) is 11.6. The lowest BCUT2D eigenvalue weighted by atomic mass is 9.95. The molecule has 0 aromatic carbocycles. The topological polar surface area (TPSA) is 86.7 Å². The molecule has 0 radical (unpaired) electrons. The number of carbonyl (C=O) groups is 3. The molecule has 0 bridgehead atoms. The van der Waals surface area contributed by atoms with Crippen LogP contribution in [0, 0.1) is 5.92 Å². The van der Waals surface area contributed by atoms with Gasteiger partial charge in [-0.1, -0.05) is 19.8 Å². The molecule has 0 aliphatic carbocycles. The van der Waals surface area contributed by atoms with E-state index >= 15 is 0 Å². The van der Waals surface area contributed by atoms with Gasteiger partial charge in [0.1, 0.15) is 6.04 Å². The second-order valence-electron chi connectivity index (χ2n) is 5.05. The van der Waals surface area contributed by atoms with E-state index in [-0.39, 0.29) is 18.2 Å². The first kappa shape index (κ1) is 15.5. The zero-order valence-corrected chi connectivity index (χ0v) is 11.5. The molecule has 0 spiro atoms. The van der Waals surface area contributed by atoms with E-state index in [1.165, 1.54) is 0 Å². The molecule has 1 aliphatic rings. The molecular weight excluding hydrogens is 248 g/mol. The Bertz CT molecular complexity index is 357. The fourth-order valence-corrected chi connectivity index (χ4v) is 2.12. The second kappa shape index (κ2) is 7.11. The number of nitrogens with one attached hydrogen (secondary N) is 1. The van der Waals surface area contributed by atoms with E-state index in [0.29, 0.717) is 19.4 Å². The average molecular weight is 270 g/mol. The van der Waals surface area contributed by atoms with Gasteiger partial charge in [-0.05, 0) is 12.8 Å². The van der Waals surface area contributed by atoms with Crippen molar-refractivity contribution in [3.63, 3.8) is 0 Å². The van der Waals surface area contributed by atoms with Gasteiger partial charge in [0, 0.05) is 25.9 Å². The molecule has 6 heteroatoms. The summed E-state index contributed by atoms with van der Waals surface area (Å²) in [5.74, 6) is -1.79. The SMILES string of the molecule is CCCC[C@H](NC(=O)C1CCN(C)C(=O)C1)C(=O)O. The van der Waals surface area contributed by atoms with Crippen LogP contribution >= 0.6 is 0 Å². The first-order valence-corrected chi connectivity index (χ1v) is 6.72. The Morgan fingerprint density at radius 3 is 2.74 bits per heavy atom. The number of aliphatic carboxylic acids is 1. The van der Waals surface area contributed by atoms with Crippen molar-refractivity contribution in [1.29, 1.82) is 0 Å². The molecule has 1 aliphatic heterocycles. The van der Waals surface area contributed by atoms with Crippen LogP contribution in [0.25, 0.3) is 0 Å². The van der Waals surface area contributed by atoms with Gasteiger partial charge in [-0.2, -0.15) is 0 Å². The lowest BCUT2D eigenvalue weighted by Gasteiger charge is -2.28. The van der Waals surface area contributed by atoms with Gasteiger partial charge in [0.05, 0.1) is 0 Å². The number of amides is 2. The average Bonchev–Trinajstić information content (AvgIpc) is 2.37. The quantitative estimate of drug-likeness (QED) is 0.740. The molecule has 1 rings (SSSR count). The minimum absolute atomic E-state index is 0.0631. The van der Waals surface area contributed by atoms with Crippen molar-refractivity contribution in [2.45, 2.75) is 45.1 Å². The highest BCUT2D eigenvalue weighted by Gasteiger charge is 2.30. The predicted molar refractivity (Wildman–Crippen MR) is 69.5 cm³/mol. The van der Waals surface area contributed by atoms with E-state index in [0.717, 1.165) is 12.8 Å².